The standard InChI is InChI=1S/C12H14N2O5/c1-7-9(12(17)18)3-8(19-7)4-14-6-10(15)13(2)5-11(14)16/h3H,4-6H2,1-2H3,(H,17,18). The van der Waals surface area contributed by atoms with Gasteiger partial charge in [0.2, 0.25) is 11.8 Å². The molecule has 1 N–H and O–H groups in total. The van der Waals surface area contributed by atoms with Gasteiger partial charge in [0.05, 0.1) is 13.1 Å². The number of aromatic carboxylic acids is 1. The first kappa shape index (κ1) is 13.1. The molecule has 0 radical (unpaired) electrons. The number of amides is 2. The Kier molecular flexibility index (Phi) is 3.28. The molecule has 102 valence electrons. The van der Waals surface area contributed by atoms with E-state index in [1.165, 1.54) is 15.9 Å². The molecule has 19 heavy (non-hydrogen) atoms. The molecule has 7 nitrogen and oxygen atoms in total. The van der Waals surface area contributed by atoms with Gasteiger partial charge in [-0.1, -0.05) is 0 Å². The number of carbonyl (C=O) groups excluding carboxylic acids is 2. The summed E-state index contributed by atoms with van der Waals surface area (Å²) in [4.78, 5) is 36.9. The third-order valence-electron chi connectivity index (χ3n) is 3.02. The van der Waals surface area contributed by atoms with Crippen LogP contribution in [0.2, 0.25) is 0 Å². The van der Waals surface area contributed by atoms with Crippen molar-refractivity contribution in [2.45, 2.75) is 13.5 Å². The Morgan fingerprint density at radius 3 is 2.63 bits per heavy atom. The van der Waals surface area contributed by atoms with E-state index in [4.69, 9.17) is 9.52 Å². The van der Waals surface area contributed by atoms with Crippen LogP contribution in [0.25, 0.3) is 0 Å². The largest absolute Gasteiger partial charge is 0.478 e. The molecular weight excluding hydrogens is 252 g/mol. The van der Waals surface area contributed by atoms with Crippen LogP contribution in [0.15, 0.2) is 10.5 Å². The Balaban J connectivity index is 2.13. The van der Waals surface area contributed by atoms with Crippen LogP contribution >= 0.6 is 0 Å². The van der Waals surface area contributed by atoms with Crippen LogP contribution in [0.1, 0.15) is 21.9 Å². The lowest BCUT2D eigenvalue weighted by Gasteiger charge is -2.30. The molecule has 0 aromatic carbocycles. The first-order valence-corrected chi connectivity index (χ1v) is 5.73. The minimum atomic E-state index is -1.08. The monoisotopic (exact) mass is 266 g/mol. The molecule has 7 heteroatoms. The maximum Gasteiger partial charge on any atom is 0.339 e. The molecule has 1 fully saturated rings. The van der Waals surface area contributed by atoms with E-state index >= 15 is 0 Å². The number of hydrogen-bond acceptors (Lipinski definition) is 4. The van der Waals surface area contributed by atoms with Crippen LogP contribution in [0, 0.1) is 6.92 Å². The van der Waals surface area contributed by atoms with E-state index in [1.807, 2.05) is 0 Å². The van der Waals surface area contributed by atoms with Crippen molar-refractivity contribution in [1.29, 1.82) is 0 Å². The minimum absolute atomic E-state index is 0.0164. The third kappa shape index (κ3) is 2.59. The lowest BCUT2D eigenvalue weighted by atomic mass is 10.2. The zero-order valence-corrected chi connectivity index (χ0v) is 10.7. The molecule has 1 aliphatic rings. The normalized spacial score (nSPS) is 16.1. The van der Waals surface area contributed by atoms with E-state index < -0.39 is 5.97 Å². The average molecular weight is 266 g/mol. The summed E-state index contributed by atoms with van der Waals surface area (Å²) < 4.78 is 5.29. The van der Waals surface area contributed by atoms with Gasteiger partial charge in [-0.2, -0.15) is 0 Å². The molecule has 0 unspecified atom stereocenters. The van der Waals surface area contributed by atoms with Crippen LogP contribution in [-0.4, -0.2) is 52.8 Å². The van der Waals surface area contributed by atoms with Gasteiger partial charge in [0.15, 0.2) is 0 Å². The van der Waals surface area contributed by atoms with Gasteiger partial charge in [-0.05, 0) is 13.0 Å². The summed E-state index contributed by atoms with van der Waals surface area (Å²) in [5.74, 6) is -0.765. The summed E-state index contributed by atoms with van der Waals surface area (Å²) in [7, 11) is 1.57. The smallest absolute Gasteiger partial charge is 0.339 e. The number of aryl methyl sites for hydroxylation is 1. The summed E-state index contributed by atoms with van der Waals surface area (Å²) in [5, 5.41) is 8.91. The summed E-state index contributed by atoms with van der Waals surface area (Å²) in [6, 6.07) is 1.38. The topological polar surface area (TPSA) is 91.1 Å². The maximum absolute atomic E-state index is 11.8. The second-order valence-corrected chi connectivity index (χ2v) is 4.49. The van der Waals surface area contributed by atoms with Crippen molar-refractivity contribution >= 4 is 17.8 Å². The van der Waals surface area contributed by atoms with Crippen molar-refractivity contribution in [2.75, 3.05) is 20.1 Å². The van der Waals surface area contributed by atoms with Gasteiger partial charge in [0, 0.05) is 7.05 Å². The molecule has 0 saturated carbocycles. The first-order valence-electron chi connectivity index (χ1n) is 5.73. The predicted octanol–water partition coefficient (Wildman–Crippen LogP) is 0.0868. The molecule has 2 rings (SSSR count). The lowest BCUT2D eigenvalue weighted by molar-refractivity contribution is -0.149. The summed E-state index contributed by atoms with van der Waals surface area (Å²) in [6.45, 7) is 1.66. The molecule has 0 aliphatic carbocycles. The fraction of sp³-hybridized carbons (Fsp3) is 0.417. The zero-order chi connectivity index (χ0) is 14.2. The number of furan rings is 1. The van der Waals surface area contributed by atoms with E-state index in [-0.39, 0.29) is 42.8 Å². The summed E-state index contributed by atoms with van der Waals surface area (Å²) in [5.41, 5.74) is 0.0721. The highest BCUT2D eigenvalue weighted by molar-refractivity contribution is 5.92. The van der Waals surface area contributed by atoms with Gasteiger partial charge in [0.1, 0.15) is 23.6 Å². The number of nitrogens with zero attached hydrogens (tertiary/aromatic N) is 2. The van der Waals surface area contributed by atoms with E-state index in [2.05, 4.69) is 0 Å². The van der Waals surface area contributed by atoms with Crippen molar-refractivity contribution in [3.05, 3.63) is 23.2 Å². The number of rotatable bonds is 3. The summed E-state index contributed by atoms with van der Waals surface area (Å²) in [6.07, 6.45) is 0. The van der Waals surface area contributed by atoms with Crippen LogP contribution in [0.5, 0.6) is 0 Å². The van der Waals surface area contributed by atoms with E-state index in [1.54, 1.807) is 14.0 Å². The van der Waals surface area contributed by atoms with Crippen LogP contribution in [0.3, 0.4) is 0 Å². The van der Waals surface area contributed by atoms with Gasteiger partial charge >= 0.3 is 5.97 Å². The lowest BCUT2D eigenvalue weighted by Crippen LogP contribution is -2.51. The molecule has 1 aromatic rings. The highest BCUT2D eigenvalue weighted by Gasteiger charge is 2.28. The molecule has 2 heterocycles. The quantitative estimate of drug-likeness (QED) is 0.837. The molecule has 0 atom stereocenters. The van der Waals surface area contributed by atoms with Crippen molar-refractivity contribution in [2.24, 2.45) is 0 Å². The number of carboxylic acids is 1. The van der Waals surface area contributed by atoms with Gasteiger partial charge in [-0.3, -0.25) is 9.59 Å². The number of carboxylic acid groups (broad SMARTS) is 1. The van der Waals surface area contributed by atoms with Crippen LogP contribution in [0.4, 0.5) is 0 Å². The SMILES string of the molecule is Cc1oc(CN2CC(=O)N(C)CC2=O)cc1C(=O)O. The van der Waals surface area contributed by atoms with Gasteiger partial charge in [0.25, 0.3) is 0 Å². The first-order chi connectivity index (χ1) is 8.88. The number of piperazine rings is 1. The molecular formula is C12H14N2O5. The number of likely N-dealkylation sites (N-methyl/N-ethyl adjacent to an activating group) is 1. The van der Waals surface area contributed by atoms with Gasteiger partial charge < -0.3 is 19.3 Å². The third-order valence-corrected chi connectivity index (χ3v) is 3.02. The van der Waals surface area contributed by atoms with E-state index in [9.17, 15) is 14.4 Å². The highest BCUT2D eigenvalue weighted by atomic mass is 16.4. The van der Waals surface area contributed by atoms with Crippen LogP contribution in [-0.2, 0) is 16.1 Å². The molecule has 1 saturated heterocycles. The van der Waals surface area contributed by atoms with Crippen molar-refractivity contribution in [3.63, 3.8) is 0 Å². The van der Waals surface area contributed by atoms with Gasteiger partial charge in [-0.25, -0.2) is 4.79 Å². The van der Waals surface area contributed by atoms with Gasteiger partial charge in [-0.15, -0.1) is 0 Å². The Hall–Kier alpha value is -2.31. The zero-order valence-electron chi connectivity index (χ0n) is 10.7. The second-order valence-electron chi connectivity index (χ2n) is 4.49. The average Bonchev–Trinajstić information content (AvgIpc) is 2.67. The minimum Gasteiger partial charge on any atom is -0.478 e. The molecule has 0 bridgehead atoms. The molecule has 2 amide bonds. The molecule has 1 aliphatic heterocycles. The Morgan fingerprint density at radius 2 is 2.05 bits per heavy atom. The number of hydrogen-bond donors (Lipinski definition) is 1. The molecule has 0 spiro atoms. The van der Waals surface area contributed by atoms with Crippen molar-refractivity contribution < 1.29 is 23.9 Å². The Morgan fingerprint density at radius 1 is 1.37 bits per heavy atom. The summed E-state index contributed by atoms with van der Waals surface area (Å²) >= 11 is 0. The fourth-order valence-electron chi connectivity index (χ4n) is 1.93. The number of carbonyl (C=O) groups is 3. The Bertz CT molecular complexity index is 548. The van der Waals surface area contributed by atoms with E-state index in [0.29, 0.717) is 5.76 Å². The van der Waals surface area contributed by atoms with Crippen molar-refractivity contribution in [3.8, 4) is 0 Å². The van der Waals surface area contributed by atoms with E-state index in [0.717, 1.165) is 0 Å². The Labute approximate surface area is 109 Å². The van der Waals surface area contributed by atoms with Crippen molar-refractivity contribution in [1.82, 2.24) is 9.80 Å². The molecule has 1 aromatic heterocycles. The second kappa shape index (κ2) is 4.75. The van der Waals surface area contributed by atoms with Crippen LogP contribution < -0.4 is 0 Å². The predicted molar refractivity (Wildman–Crippen MR) is 63.5 cm³/mol. The highest BCUT2D eigenvalue weighted by Crippen LogP contribution is 2.17. The fourth-order valence-corrected chi connectivity index (χ4v) is 1.93. The maximum atomic E-state index is 11.8.